The molecular weight excluding hydrogens is 290 g/mol. The first-order valence-corrected chi connectivity index (χ1v) is 7.79. The maximum Gasteiger partial charge on any atom is 0.194 e. The van der Waals surface area contributed by atoms with Gasteiger partial charge in [0, 0.05) is 22.5 Å². The van der Waals surface area contributed by atoms with Crippen molar-refractivity contribution >= 4 is 27.9 Å². The van der Waals surface area contributed by atoms with Gasteiger partial charge in [-0.25, -0.2) is 4.98 Å². The Hall–Kier alpha value is -1.36. The normalized spacial score (nSPS) is 11.4. The molecule has 104 valence electrons. The number of hydrogen-bond acceptors (Lipinski definition) is 3. The molecule has 3 aromatic rings. The highest BCUT2D eigenvalue weighted by Crippen LogP contribution is 2.31. The van der Waals surface area contributed by atoms with Crippen molar-refractivity contribution in [3.05, 3.63) is 45.6 Å². The van der Waals surface area contributed by atoms with Crippen LogP contribution in [0.1, 0.15) is 17.0 Å². The number of nitrogens with two attached hydrogens (primary N) is 1. The number of benzene rings is 1. The van der Waals surface area contributed by atoms with E-state index in [1.54, 1.807) is 11.3 Å². The third-order valence-corrected chi connectivity index (χ3v) is 4.74. The van der Waals surface area contributed by atoms with Crippen molar-refractivity contribution in [1.82, 2.24) is 9.38 Å². The molecule has 0 radical (unpaired) electrons. The standard InChI is InChI=1S/C15H16ClN3S/c1-9-7-11(3-4-12(9)16)14-8-20-15-18-10(2)13(5-6-17)19(14)15/h3-4,7-8H,5-6,17H2,1-2H3. The number of fused-ring (bicyclic) bond motifs is 1. The van der Waals surface area contributed by atoms with Crippen LogP contribution in [0.4, 0.5) is 0 Å². The summed E-state index contributed by atoms with van der Waals surface area (Å²) in [5.74, 6) is 0. The second-order valence-corrected chi connectivity index (χ2v) is 6.13. The van der Waals surface area contributed by atoms with Gasteiger partial charge in [-0.1, -0.05) is 17.7 Å². The van der Waals surface area contributed by atoms with Crippen LogP contribution >= 0.6 is 22.9 Å². The summed E-state index contributed by atoms with van der Waals surface area (Å²) in [5.41, 5.74) is 11.4. The van der Waals surface area contributed by atoms with Gasteiger partial charge in [-0.05, 0) is 43.7 Å². The Labute approximate surface area is 127 Å². The molecule has 2 N–H and O–H groups in total. The van der Waals surface area contributed by atoms with Crippen LogP contribution in [0.25, 0.3) is 16.2 Å². The van der Waals surface area contributed by atoms with Gasteiger partial charge >= 0.3 is 0 Å². The van der Waals surface area contributed by atoms with Crippen LogP contribution in [-0.2, 0) is 6.42 Å². The first kappa shape index (κ1) is 13.6. The Morgan fingerprint density at radius 3 is 2.85 bits per heavy atom. The van der Waals surface area contributed by atoms with E-state index in [0.717, 1.165) is 38.9 Å². The number of imidazole rings is 1. The van der Waals surface area contributed by atoms with Crippen molar-refractivity contribution < 1.29 is 0 Å². The Morgan fingerprint density at radius 1 is 1.35 bits per heavy atom. The fraction of sp³-hybridized carbons (Fsp3) is 0.267. The maximum absolute atomic E-state index is 6.11. The van der Waals surface area contributed by atoms with Gasteiger partial charge in [0.25, 0.3) is 0 Å². The highest BCUT2D eigenvalue weighted by Gasteiger charge is 2.15. The van der Waals surface area contributed by atoms with Crippen LogP contribution in [0.5, 0.6) is 0 Å². The summed E-state index contributed by atoms with van der Waals surface area (Å²) in [5, 5.41) is 2.94. The molecule has 5 heteroatoms. The number of aromatic nitrogens is 2. The van der Waals surface area contributed by atoms with Gasteiger partial charge in [0.2, 0.25) is 0 Å². The van der Waals surface area contributed by atoms with Crippen LogP contribution in [0.3, 0.4) is 0 Å². The van der Waals surface area contributed by atoms with E-state index in [1.807, 2.05) is 19.9 Å². The van der Waals surface area contributed by atoms with E-state index in [4.69, 9.17) is 17.3 Å². The predicted octanol–water partition coefficient (Wildman–Crippen LogP) is 3.83. The zero-order valence-electron chi connectivity index (χ0n) is 11.5. The first-order chi connectivity index (χ1) is 9.61. The van der Waals surface area contributed by atoms with Gasteiger partial charge in [-0.2, -0.15) is 0 Å². The molecule has 3 rings (SSSR count). The molecule has 0 aliphatic rings. The fourth-order valence-corrected chi connectivity index (χ4v) is 3.53. The quantitative estimate of drug-likeness (QED) is 0.799. The zero-order chi connectivity index (χ0) is 14.3. The Kier molecular flexibility index (Phi) is 3.54. The third kappa shape index (κ3) is 2.14. The Morgan fingerprint density at radius 2 is 2.15 bits per heavy atom. The van der Waals surface area contributed by atoms with Gasteiger partial charge in [0.05, 0.1) is 11.4 Å². The molecule has 0 saturated carbocycles. The van der Waals surface area contributed by atoms with Gasteiger partial charge in [-0.3, -0.25) is 4.40 Å². The molecule has 1 aromatic carbocycles. The smallest absolute Gasteiger partial charge is 0.194 e. The lowest BCUT2D eigenvalue weighted by Crippen LogP contribution is -2.06. The van der Waals surface area contributed by atoms with Crippen molar-refractivity contribution in [2.45, 2.75) is 20.3 Å². The molecule has 3 nitrogen and oxygen atoms in total. The van der Waals surface area contributed by atoms with Gasteiger partial charge in [-0.15, -0.1) is 11.3 Å². The summed E-state index contributed by atoms with van der Waals surface area (Å²) in [6, 6.07) is 6.12. The molecule has 0 atom stereocenters. The molecular formula is C15H16ClN3S. The van der Waals surface area contributed by atoms with E-state index in [9.17, 15) is 0 Å². The minimum Gasteiger partial charge on any atom is -0.330 e. The number of nitrogens with zero attached hydrogens (tertiary/aromatic N) is 2. The molecule has 2 heterocycles. The van der Waals surface area contributed by atoms with Crippen LogP contribution < -0.4 is 5.73 Å². The number of halogens is 1. The summed E-state index contributed by atoms with van der Waals surface area (Å²) >= 11 is 7.77. The number of rotatable bonds is 3. The van der Waals surface area contributed by atoms with E-state index in [2.05, 4.69) is 26.9 Å². The van der Waals surface area contributed by atoms with Crippen molar-refractivity contribution in [2.75, 3.05) is 6.54 Å². The minimum absolute atomic E-state index is 0.629. The molecule has 0 spiro atoms. The van der Waals surface area contributed by atoms with E-state index in [-0.39, 0.29) is 0 Å². The molecule has 0 unspecified atom stereocenters. The fourth-order valence-electron chi connectivity index (χ4n) is 2.45. The first-order valence-electron chi connectivity index (χ1n) is 6.54. The largest absolute Gasteiger partial charge is 0.330 e. The SMILES string of the molecule is Cc1cc(-c2csc3nc(C)c(CCN)n23)ccc1Cl. The molecule has 0 bridgehead atoms. The van der Waals surface area contributed by atoms with Crippen molar-refractivity contribution in [2.24, 2.45) is 5.73 Å². The predicted molar refractivity (Wildman–Crippen MR) is 85.7 cm³/mol. The van der Waals surface area contributed by atoms with E-state index < -0.39 is 0 Å². The van der Waals surface area contributed by atoms with Crippen LogP contribution in [0.2, 0.25) is 5.02 Å². The summed E-state index contributed by atoms with van der Waals surface area (Å²) in [6.45, 7) is 4.69. The lowest BCUT2D eigenvalue weighted by molar-refractivity contribution is 0.899. The van der Waals surface area contributed by atoms with Crippen molar-refractivity contribution in [1.29, 1.82) is 0 Å². The Balaban J connectivity index is 2.22. The summed E-state index contributed by atoms with van der Waals surface area (Å²) in [6.07, 6.45) is 0.837. The second-order valence-electron chi connectivity index (χ2n) is 4.89. The summed E-state index contributed by atoms with van der Waals surface area (Å²) < 4.78 is 2.22. The van der Waals surface area contributed by atoms with E-state index in [1.165, 1.54) is 5.69 Å². The van der Waals surface area contributed by atoms with Crippen molar-refractivity contribution in [3.8, 4) is 11.3 Å². The van der Waals surface area contributed by atoms with Gasteiger partial charge in [0.15, 0.2) is 4.96 Å². The molecule has 0 fully saturated rings. The molecule has 0 aliphatic carbocycles. The topological polar surface area (TPSA) is 43.3 Å². The zero-order valence-corrected chi connectivity index (χ0v) is 13.1. The molecule has 2 aromatic heterocycles. The van der Waals surface area contributed by atoms with Crippen molar-refractivity contribution in [3.63, 3.8) is 0 Å². The summed E-state index contributed by atoms with van der Waals surface area (Å²) in [4.78, 5) is 5.64. The molecule has 0 saturated heterocycles. The maximum atomic E-state index is 6.11. The second kappa shape index (κ2) is 5.20. The highest BCUT2D eigenvalue weighted by molar-refractivity contribution is 7.15. The minimum atomic E-state index is 0.629. The molecule has 0 aliphatic heterocycles. The summed E-state index contributed by atoms with van der Waals surface area (Å²) in [7, 11) is 0. The average molecular weight is 306 g/mol. The van der Waals surface area contributed by atoms with E-state index in [0.29, 0.717) is 6.54 Å². The number of hydrogen-bond donors (Lipinski definition) is 1. The lowest BCUT2D eigenvalue weighted by Gasteiger charge is -2.06. The lowest BCUT2D eigenvalue weighted by atomic mass is 10.1. The van der Waals surface area contributed by atoms with E-state index >= 15 is 0 Å². The van der Waals surface area contributed by atoms with Gasteiger partial charge in [0.1, 0.15) is 0 Å². The monoisotopic (exact) mass is 305 g/mol. The highest BCUT2D eigenvalue weighted by atomic mass is 35.5. The van der Waals surface area contributed by atoms with Gasteiger partial charge < -0.3 is 5.73 Å². The number of thiazole rings is 1. The third-order valence-electron chi connectivity index (χ3n) is 3.49. The Bertz CT molecular complexity index is 773. The van der Waals surface area contributed by atoms with Crippen LogP contribution in [0.15, 0.2) is 23.6 Å². The van der Waals surface area contributed by atoms with Crippen LogP contribution in [0, 0.1) is 13.8 Å². The number of aryl methyl sites for hydroxylation is 2. The molecule has 20 heavy (non-hydrogen) atoms. The molecule has 0 amide bonds. The van der Waals surface area contributed by atoms with Crippen LogP contribution in [-0.4, -0.2) is 15.9 Å². The average Bonchev–Trinajstić information content (AvgIpc) is 2.94.